The number of hydrogen-bond acceptors (Lipinski definition) is 12. The molecule has 0 aliphatic carbocycles. The number of carbonyl (C=O) groups is 6. The van der Waals surface area contributed by atoms with Gasteiger partial charge in [0.2, 0.25) is 5.91 Å². The van der Waals surface area contributed by atoms with Crippen LogP contribution in [0.15, 0.2) is 30.3 Å². The summed E-state index contributed by atoms with van der Waals surface area (Å²) in [5, 5.41) is 14.3. The van der Waals surface area contributed by atoms with Gasteiger partial charge >= 0.3 is 30.0 Å². The summed E-state index contributed by atoms with van der Waals surface area (Å²) in [4.78, 5) is 71.2. The molecule has 1 aliphatic heterocycles. The van der Waals surface area contributed by atoms with Gasteiger partial charge in [0.1, 0.15) is 25.4 Å². The van der Waals surface area contributed by atoms with Gasteiger partial charge in [-0.3, -0.25) is 19.2 Å². The normalized spacial score (nSPS) is 22.6. The number of benzene rings is 1. The average Bonchev–Trinajstić information content (AvgIpc) is 2.86. The Kier molecular flexibility index (Phi) is 12.3. The lowest BCUT2D eigenvalue weighted by molar-refractivity contribution is -0.278. The molecule has 15 heteroatoms. The molecular weight excluding hydrogens is 536 g/mol. The number of carboxylic acid groups (broad SMARTS) is 1. The van der Waals surface area contributed by atoms with Crippen molar-refractivity contribution in [2.75, 3.05) is 13.2 Å². The molecule has 1 saturated heterocycles. The fourth-order valence-corrected chi connectivity index (χ4v) is 3.71. The van der Waals surface area contributed by atoms with Gasteiger partial charge in [-0.1, -0.05) is 30.3 Å². The van der Waals surface area contributed by atoms with Gasteiger partial charge < -0.3 is 44.2 Å². The van der Waals surface area contributed by atoms with Crippen LogP contribution in [0.4, 0.5) is 4.79 Å². The smallest absolute Gasteiger partial charge is 0.408 e. The number of hydrogen-bond donors (Lipinski definition) is 3. The van der Waals surface area contributed by atoms with E-state index in [1.165, 1.54) is 0 Å². The minimum atomic E-state index is -1.63. The third-order valence-corrected chi connectivity index (χ3v) is 5.30. The molecule has 0 aromatic heterocycles. The van der Waals surface area contributed by atoms with Crippen LogP contribution >= 0.6 is 0 Å². The average molecular weight is 569 g/mol. The topological polar surface area (TPSA) is 202 Å². The molecule has 1 heterocycles. The number of nitrogens with one attached hydrogen (secondary N) is 2. The van der Waals surface area contributed by atoms with Crippen molar-refractivity contribution in [2.45, 2.75) is 71.0 Å². The predicted molar refractivity (Wildman–Crippen MR) is 131 cm³/mol. The van der Waals surface area contributed by atoms with Crippen molar-refractivity contribution in [1.82, 2.24) is 10.6 Å². The van der Waals surface area contributed by atoms with E-state index in [1.54, 1.807) is 30.3 Å². The van der Waals surface area contributed by atoms with Gasteiger partial charge in [-0.05, 0) is 5.56 Å². The predicted octanol–water partition coefficient (Wildman–Crippen LogP) is 0.0387. The molecule has 0 bridgehead atoms. The highest BCUT2D eigenvalue weighted by Gasteiger charge is 2.51. The molecule has 220 valence electrons. The number of aliphatic carboxylic acids is 1. The minimum absolute atomic E-state index is 0.115. The van der Waals surface area contributed by atoms with Gasteiger partial charge in [-0.2, -0.15) is 0 Å². The van der Waals surface area contributed by atoms with Crippen LogP contribution in [0.2, 0.25) is 0 Å². The van der Waals surface area contributed by atoms with Gasteiger partial charge in [0.05, 0.1) is 6.61 Å². The molecule has 15 nitrogen and oxygen atoms in total. The van der Waals surface area contributed by atoms with Crippen LogP contribution in [0.3, 0.4) is 0 Å². The van der Waals surface area contributed by atoms with Gasteiger partial charge in [-0.25, -0.2) is 9.59 Å². The minimum Gasteiger partial charge on any atom is -0.480 e. The van der Waals surface area contributed by atoms with E-state index in [1.807, 2.05) is 0 Å². The second-order valence-electron chi connectivity index (χ2n) is 8.65. The fraction of sp³-hybridized carbons (Fsp3) is 0.520. The van der Waals surface area contributed by atoms with E-state index < -0.39 is 85.8 Å². The third kappa shape index (κ3) is 10.5. The number of esters is 3. The lowest BCUT2D eigenvalue weighted by Crippen LogP contribution is -2.67. The fourth-order valence-electron chi connectivity index (χ4n) is 3.71. The second-order valence-corrected chi connectivity index (χ2v) is 8.65. The molecule has 1 aromatic carbocycles. The summed E-state index contributed by atoms with van der Waals surface area (Å²) in [5.74, 6) is -4.38. The monoisotopic (exact) mass is 568 g/mol. The van der Waals surface area contributed by atoms with Crippen LogP contribution in [0, 0.1) is 0 Å². The van der Waals surface area contributed by atoms with E-state index in [-0.39, 0.29) is 6.61 Å². The molecule has 1 fully saturated rings. The molecular formula is C25H32N2O13. The Balaban J connectivity index is 2.23. The van der Waals surface area contributed by atoms with E-state index in [4.69, 9.17) is 28.4 Å². The first-order chi connectivity index (χ1) is 18.9. The van der Waals surface area contributed by atoms with Crippen molar-refractivity contribution in [1.29, 1.82) is 0 Å². The molecule has 1 aromatic rings. The van der Waals surface area contributed by atoms with Crippen LogP contribution in [-0.4, -0.2) is 90.9 Å². The number of amides is 2. The Morgan fingerprint density at radius 2 is 1.52 bits per heavy atom. The molecule has 0 spiro atoms. The van der Waals surface area contributed by atoms with Gasteiger partial charge in [-0.15, -0.1) is 0 Å². The Morgan fingerprint density at radius 1 is 0.900 bits per heavy atom. The molecule has 0 saturated carbocycles. The van der Waals surface area contributed by atoms with Gasteiger partial charge in [0, 0.05) is 27.7 Å². The van der Waals surface area contributed by atoms with E-state index in [0.29, 0.717) is 5.56 Å². The summed E-state index contributed by atoms with van der Waals surface area (Å²) < 4.78 is 32.1. The van der Waals surface area contributed by atoms with Crippen molar-refractivity contribution < 1.29 is 62.3 Å². The molecule has 3 N–H and O–H groups in total. The second kappa shape index (κ2) is 15.4. The largest absolute Gasteiger partial charge is 0.480 e. The molecule has 6 atom stereocenters. The molecule has 2 amide bonds. The number of rotatable bonds is 12. The summed E-state index contributed by atoms with van der Waals surface area (Å²) >= 11 is 0. The highest BCUT2D eigenvalue weighted by molar-refractivity contribution is 5.80. The first kappa shape index (κ1) is 32.0. The highest BCUT2D eigenvalue weighted by atomic mass is 16.7. The zero-order valence-corrected chi connectivity index (χ0v) is 22.3. The maximum absolute atomic E-state index is 12.2. The van der Waals surface area contributed by atoms with Crippen molar-refractivity contribution in [3.63, 3.8) is 0 Å². The number of carbonyl (C=O) groups excluding carboxylic acids is 5. The van der Waals surface area contributed by atoms with Crippen molar-refractivity contribution >= 4 is 35.9 Å². The van der Waals surface area contributed by atoms with Crippen molar-refractivity contribution in [2.24, 2.45) is 0 Å². The summed E-state index contributed by atoms with van der Waals surface area (Å²) in [6.45, 7) is 3.16. The summed E-state index contributed by atoms with van der Waals surface area (Å²) in [5.41, 5.74) is 0.673. The lowest BCUT2D eigenvalue weighted by Gasteiger charge is -2.45. The number of alkyl carbamates (subject to hydrolysis) is 1. The Morgan fingerprint density at radius 3 is 2.08 bits per heavy atom. The van der Waals surface area contributed by atoms with Crippen molar-refractivity contribution in [3.8, 4) is 0 Å². The maximum Gasteiger partial charge on any atom is 0.408 e. The molecule has 0 unspecified atom stereocenters. The standard InChI is InChI=1S/C25H32N2O13/c1-13(28)26-20-22(39-16(4)31)21(38-15(3)30)19(12-35-14(2)29)40-24(20)36-11-18(23(32)33)27-25(34)37-10-17-8-6-5-7-9-17/h5-9,18-22,24H,10-12H2,1-4H3,(H,26,28)(H,27,34)(H,32,33)/t18-,19+,20+,21+,22+,24+/m0/s1. The zero-order chi connectivity index (χ0) is 29.8. The van der Waals surface area contributed by atoms with E-state index in [2.05, 4.69) is 10.6 Å². The molecule has 40 heavy (non-hydrogen) atoms. The zero-order valence-electron chi connectivity index (χ0n) is 22.3. The van der Waals surface area contributed by atoms with Crippen LogP contribution in [-0.2, 0) is 59.0 Å². The molecule has 0 radical (unpaired) electrons. The third-order valence-electron chi connectivity index (χ3n) is 5.30. The summed E-state index contributed by atoms with van der Waals surface area (Å²) in [6, 6.07) is 5.74. The first-order valence-corrected chi connectivity index (χ1v) is 12.1. The summed E-state index contributed by atoms with van der Waals surface area (Å²) in [7, 11) is 0. The molecule has 1 aliphatic rings. The lowest BCUT2D eigenvalue weighted by atomic mass is 9.96. The Bertz CT molecular complexity index is 1060. The Hall–Kier alpha value is -4.24. The van der Waals surface area contributed by atoms with E-state index in [0.717, 1.165) is 27.7 Å². The summed E-state index contributed by atoms with van der Waals surface area (Å²) in [6.07, 6.45) is -6.54. The van der Waals surface area contributed by atoms with Crippen LogP contribution in [0.25, 0.3) is 0 Å². The van der Waals surface area contributed by atoms with Crippen LogP contribution in [0.1, 0.15) is 33.3 Å². The van der Waals surface area contributed by atoms with Crippen LogP contribution in [0.5, 0.6) is 0 Å². The van der Waals surface area contributed by atoms with E-state index >= 15 is 0 Å². The van der Waals surface area contributed by atoms with Crippen molar-refractivity contribution in [3.05, 3.63) is 35.9 Å². The Labute approximate surface area is 229 Å². The SMILES string of the molecule is CC(=O)N[C@H]1[C@H](OC[C@H](NC(=O)OCc2ccccc2)C(=O)O)O[C@H](COC(C)=O)[C@@H](OC(C)=O)[C@@H]1OC(C)=O. The molecule has 2 rings (SSSR count). The first-order valence-electron chi connectivity index (χ1n) is 12.1. The maximum atomic E-state index is 12.2. The van der Waals surface area contributed by atoms with Gasteiger partial charge in [0.15, 0.2) is 24.5 Å². The highest BCUT2D eigenvalue weighted by Crippen LogP contribution is 2.28. The van der Waals surface area contributed by atoms with Gasteiger partial charge in [0.25, 0.3) is 0 Å². The number of carboxylic acids is 1. The van der Waals surface area contributed by atoms with Crippen LogP contribution < -0.4 is 10.6 Å². The number of ether oxygens (including phenoxy) is 6. The quantitative estimate of drug-likeness (QED) is 0.225. The van der Waals surface area contributed by atoms with E-state index in [9.17, 15) is 33.9 Å².